The van der Waals surface area contributed by atoms with E-state index in [2.05, 4.69) is 16.8 Å². The maximum absolute atomic E-state index is 12.8. The first-order valence-electron chi connectivity index (χ1n) is 9.36. The summed E-state index contributed by atoms with van der Waals surface area (Å²) in [6, 6.07) is 14.2. The smallest absolute Gasteiger partial charge is 0.227 e. The van der Waals surface area contributed by atoms with E-state index in [1.165, 1.54) is 0 Å². The zero-order chi connectivity index (χ0) is 18.6. The molecule has 1 amide bonds. The molecule has 2 aromatic heterocycles. The van der Waals surface area contributed by atoms with Crippen LogP contribution in [0.3, 0.4) is 0 Å². The van der Waals surface area contributed by atoms with Crippen molar-refractivity contribution in [2.45, 2.75) is 19.4 Å². The van der Waals surface area contributed by atoms with Gasteiger partial charge < -0.3 is 10.2 Å². The van der Waals surface area contributed by atoms with Gasteiger partial charge in [0.05, 0.1) is 16.5 Å². The van der Waals surface area contributed by atoms with Crippen LogP contribution in [0.1, 0.15) is 18.4 Å². The van der Waals surface area contributed by atoms with Crippen molar-refractivity contribution in [1.82, 2.24) is 20.0 Å². The molecule has 3 heterocycles. The highest BCUT2D eigenvalue weighted by atomic mass is 35.5. The first-order chi connectivity index (χ1) is 13.2. The molecule has 1 atom stereocenters. The lowest BCUT2D eigenvalue weighted by atomic mass is 9.98. The highest BCUT2D eigenvalue weighted by molar-refractivity contribution is 7.13. The van der Waals surface area contributed by atoms with Crippen LogP contribution >= 0.6 is 23.7 Å². The lowest BCUT2D eigenvalue weighted by molar-refractivity contribution is -0.135. The molecule has 1 N–H and O–H groups in total. The number of carbonyl (C=O) groups excluding carboxylic acids is 1. The first kappa shape index (κ1) is 20.6. The molecule has 28 heavy (non-hydrogen) atoms. The summed E-state index contributed by atoms with van der Waals surface area (Å²) in [5, 5.41) is 10.2. The summed E-state index contributed by atoms with van der Waals surface area (Å²) in [6.45, 7) is 2.36. The van der Waals surface area contributed by atoms with Gasteiger partial charge in [-0.3, -0.25) is 4.79 Å². The maximum Gasteiger partial charge on any atom is 0.227 e. The third kappa shape index (κ3) is 4.46. The number of aromatic nitrogens is 2. The number of rotatable bonds is 5. The van der Waals surface area contributed by atoms with E-state index in [1.54, 1.807) is 11.3 Å². The number of benzene rings is 1. The Morgan fingerprint density at radius 2 is 2.11 bits per heavy atom. The lowest BCUT2D eigenvalue weighted by Crippen LogP contribution is -2.41. The van der Waals surface area contributed by atoms with Crippen molar-refractivity contribution in [2.75, 3.05) is 20.1 Å². The predicted octanol–water partition coefficient (Wildman–Crippen LogP) is 3.98. The lowest BCUT2D eigenvalue weighted by Gasteiger charge is -2.27. The molecular weight excluding hydrogens is 392 g/mol. The van der Waals surface area contributed by atoms with Gasteiger partial charge in [0.25, 0.3) is 0 Å². The Kier molecular flexibility index (Phi) is 6.88. The number of piperidine rings is 1. The van der Waals surface area contributed by atoms with E-state index in [1.807, 2.05) is 59.2 Å². The Morgan fingerprint density at radius 1 is 1.29 bits per heavy atom. The standard InChI is InChI=1S/C21H24N4OS.ClH/c1-24(21(26)16-7-5-11-22-13-16)14-17-15-25(18-8-3-2-4-9-18)23-20(17)19-10-6-12-27-19;/h2-4,6,8-10,12,15-16,22H,5,7,11,13-14H2,1H3;1H. The van der Waals surface area contributed by atoms with E-state index in [9.17, 15) is 4.79 Å². The number of carbonyl (C=O) groups is 1. The van der Waals surface area contributed by atoms with Gasteiger partial charge in [0, 0.05) is 31.9 Å². The molecule has 0 bridgehead atoms. The Bertz CT molecular complexity index is 889. The van der Waals surface area contributed by atoms with Crippen molar-refractivity contribution in [3.63, 3.8) is 0 Å². The van der Waals surface area contributed by atoms with Gasteiger partial charge in [-0.05, 0) is 43.0 Å². The molecule has 0 saturated carbocycles. The van der Waals surface area contributed by atoms with Crippen LogP contribution < -0.4 is 5.32 Å². The van der Waals surface area contributed by atoms with Crippen LogP contribution in [0.4, 0.5) is 0 Å². The highest BCUT2D eigenvalue weighted by Gasteiger charge is 2.25. The topological polar surface area (TPSA) is 50.2 Å². The van der Waals surface area contributed by atoms with Gasteiger partial charge in [-0.1, -0.05) is 24.3 Å². The van der Waals surface area contributed by atoms with Gasteiger partial charge in [0.1, 0.15) is 5.69 Å². The van der Waals surface area contributed by atoms with Gasteiger partial charge >= 0.3 is 0 Å². The third-order valence-corrected chi connectivity index (χ3v) is 5.87. The van der Waals surface area contributed by atoms with Gasteiger partial charge in [-0.25, -0.2) is 4.68 Å². The first-order valence-corrected chi connectivity index (χ1v) is 10.2. The average molecular weight is 417 g/mol. The molecule has 1 aromatic carbocycles. The largest absolute Gasteiger partial charge is 0.341 e. The van der Waals surface area contributed by atoms with Crippen molar-refractivity contribution in [3.8, 4) is 16.3 Å². The van der Waals surface area contributed by atoms with E-state index in [0.29, 0.717) is 6.54 Å². The van der Waals surface area contributed by atoms with Crippen LogP contribution in [-0.4, -0.2) is 40.7 Å². The van der Waals surface area contributed by atoms with Crippen LogP contribution in [0.5, 0.6) is 0 Å². The van der Waals surface area contributed by atoms with Crippen molar-refractivity contribution in [2.24, 2.45) is 5.92 Å². The second kappa shape index (κ2) is 9.37. The van der Waals surface area contributed by atoms with Gasteiger partial charge in [0.2, 0.25) is 5.91 Å². The van der Waals surface area contributed by atoms with E-state index >= 15 is 0 Å². The SMILES string of the molecule is CN(Cc1cn(-c2ccccc2)nc1-c1cccs1)C(=O)C1CCCNC1.Cl. The summed E-state index contributed by atoms with van der Waals surface area (Å²) in [6.07, 6.45) is 4.08. The predicted molar refractivity (Wildman–Crippen MR) is 116 cm³/mol. The van der Waals surface area contributed by atoms with Crippen molar-refractivity contribution >= 4 is 29.7 Å². The number of amides is 1. The van der Waals surface area contributed by atoms with E-state index in [4.69, 9.17) is 5.10 Å². The summed E-state index contributed by atoms with van der Waals surface area (Å²) in [5.74, 6) is 0.296. The van der Waals surface area contributed by atoms with Crippen LogP contribution in [0.2, 0.25) is 0 Å². The normalized spacial score (nSPS) is 16.4. The second-order valence-electron chi connectivity index (χ2n) is 7.00. The molecule has 7 heteroatoms. The number of halogens is 1. The number of hydrogen-bond acceptors (Lipinski definition) is 4. The molecule has 5 nitrogen and oxygen atoms in total. The van der Waals surface area contributed by atoms with Crippen molar-refractivity contribution < 1.29 is 4.79 Å². The number of hydrogen-bond donors (Lipinski definition) is 1. The van der Waals surface area contributed by atoms with Crippen LogP contribution in [0.25, 0.3) is 16.3 Å². The van der Waals surface area contributed by atoms with Crippen molar-refractivity contribution in [1.29, 1.82) is 0 Å². The van der Waals surface area contributed by atoms with Gasteiger partial charge in [-0.15, -0.1) is 23.7 Å². The van der Waals surface area contributed by atoms with E-state index in [0.717, 1.165) is 47.8 Å². The summed E-state index contributed by atoms with van der Waals surface area (Å²) in [5.41, 5.74) is 3.04. The molecule has 1 saturated heterocycles. The number of nitrogens with zero attached hydrogens (tertiary/aromatic N) is 3. The summed E-state index contributed by atoms with van der Waals surface area (Å²) < 4.78 is 1.91. The second-order valence-corrected chi connectivity index (χ2v) is 7.95. The summed E-state index contributed by atoms with van der Waals surface area (Å²) >= 11 is 1.67. The summed E-state index contributed by atoms with van der Waals surface area (Å²) in [7, 11) is 1.90. The zero-order valence-corrected chi connectivity index (χ0v) is 17.5. The monoisotopic (exact) mass is 416 g/mol. The van der Waals surface area contributed by atoms with Crippen LogP contribution in [-0.2, 0) is 11.3 Å². The Morgan fingerprint density at radius 3 is 2.79 bits per heavy atom. The summed E-state index contributed by atoms with van der Waals surface area (Å²) in [4.78, 5) is 15.8. The molecule has 3 aromatic rings. The minimum absolute atomic E-state index is 0. The maximum atomic E-state index is 12.8. The third-order valence-electron chi connectivity index (χ3n) is 5.00. The molecular formula is C21H25ClN4OS. The van der Waals surface area contributed by atoms with E-state index in [-0.39, 0.29) is 24.2 Å². The Balaban J connectivity index is 0.00000225. The molecule has 4 rings (SSSR count). The molecule has 0 aliphatic carbocycles. The molecule has 148 valence electrons. The molecule has 1 aliphatic rings. The minimum Gasteiger partial charge on any atom is -0.341 e. The Labute approximate surface area is 175 Å². The van der Waals surface area contributed by atoms with Gasteiger partial charge in [-0.2, -0.15) is 5.10 Å². The van der Waals surface area contributed by atoms with E-state index < -0.39 is 0 Å². The minimum atomic E-state index is 0. The molecule has 1 aliphatic heterocycles. The van der Waals surface area contributed by atoms with Gasteiger partial charge in [0.15, 0.2) is 0 Å². The molecule has 0 spiro atoms. The fraction of sp³-hybridized carbons (Fsp3) is 0.333. The Hall–Kier alpha value is -2.15. The quantitative estimate of drug-likeness (QED) is 0.684. The highest BCUT2D eigenvalue weighted by Crippen LogP contribution is 2.29. The average Bonchev–Trinajstić information content (AvgIpc) is 3.38. The number of para-hydroxylation sites is 1. The zero-order valence-electron chi connectivity index (χ0n) is 15.9. The fourth-order valence-corrected chi connectivity index (χ4v) is 4.31. The fourth-order valence-electron chi connectivity index (χ4n) is 3.57. The molecule has 1 unspecified atom stereocenters. The van der Waals surface area contributed by atoms with Crippen LogP contribution in [0.15, 0.2) is 54.0 Å². The van der Waals surface area contributed by atoms with Crippen molar-refractivity contribution in [3.05, 3.63) is 59.6 Å². The molecule has 1 fully saturated rings. The number of thiophene rings is 1. The molecule has 0 radical (unpaired) electrons. The number of nitrogens with one attached hydrogen (secondary N) is 1. The van der Waals surface area contributed by atoms with Crippen LogP contribution in [0, 0.1) is 5.92 Å².